The van der Waals surface area contributed by atoms with E-state index in [0.29, 0.717) is 23.0 Å². The van der Waals surface area contributed by atoms with E-state index < -0.39 is 0 Å². The Kier molecular flexibility index (Phi) is 5.38. The highest BCUT2D eigenvalue weighted by molar-refractivity contribution is 5.99. The third-order valence-electron chi connectivity index (χ3n) is 3.34. The van der Waals surface area contributed by atoms with Gasteiger partial charge in [-0.25, -0.2) is 0 Å². The number of hydrogen-bond donors (Lipinski definition) is 1. The zero-order valence-corrected chi connectivity index (χ0v) is 12.2. The second-order valence-electron chi connectivity index (χ2n) is 4.96. The van der Waals surface area contributed by atoms with E-state index in [1.54, 1.807) is 12.1 Å². The highest BCUT2D eigenvalue weighted by atomic mass is 16.3. The molecule has 0 amide bonds. The Bertz CT molecular complexity index is 662. The van der Waals surface area contributed by atoms with E-state index in [4.69, 9.17) is 4.42 Å². The molecule has 0 saturated carbocycles. The maximum absolute atomic E-state index is 11.0. The summed E-state index contributed by atoms with van der Waals surface area (Å²) in [4.78, 5) is 11.0. The van der Waals surface area contributed by atoms with Gasteiger partial charge in [-0.1, -0.05) is 38.0 Å². The van der Waals surface area contributed by atoms with Crippen molar-refractivity contribution in [3.63, 3.8) is 0 Å². The molecule has 0 aliphatic heterocycles. The van der Waals surface area contributed by atoms with Gasteiger partial charge in [0, 0.05) is 5.39 Å². The second kappa shape index (κ2) is 7.48. The first-order valence-electron chi connectivity index (χ1n) is 7.30. The van der Waals surface area contributed by atoms with E-state index in [1.165, 1.54) is 25.3 Å². The minimum Gasteiger partial charge on any atom is -0.507 e. The quantitative estimate of drug-likeness (QED) is 0.437. The topological polar surface area (TPSA) is 50.4 Å². The molecule has 0 unspecified atom stereocenters. The molecule has 3 nitrogen and oxygen atoms in total. The number of fused-ring (bicyclic) bond motifs is 1. The molecule has 1 aromatic carbocycles. The van der Waals surface area contributed by atoms with Gasteiger partial charge in [0.25, 0.3) is 0 Å². The van der Waals surface area contributed by atoms with Crippen molar-refractivity contribution in [3.05, 3.63) is 47.8 Å². The van der Waals surface area contributed by atoms with Crippen LogP contribution in [0.15, 0.2) is 40.8 Å². The summed E-state index contributed by atoms with van der Waals surface area (Å²) in [7, 11) is 0. The molecule has 21 heavy (non-hydrogen) atoms. The van der Waals surface area contributed by atoms with Crippen molar-refractivity contribution < 1.29 is 14.3 Å². The molecule has 1 N–H and O–H groups in total. The van der Waals surface area contributed by atoms with Crippen LogP contribution in [0.2, 0.25) is 0 Å². The fourth-order valence-electron chi connectivity index (χ4n) is 2.18. The molecule has 2 aromatic rings. The molecule has 2 rings (SSSR count). The predicted octanol–water partition coefficient (Wildman–Crippen LogP) is 5.10. The first-order valence-corrected chi connectivity index (χ1v) is 7.30. The summed E-state index contributed by atoms with van der Waals surface area (Å²) in [5.41, 5.74) is 0.868. The lowest BCUT2D eigenvalue weighted by Gasteiger charge is -1.96. The Morgan fingerprint density at radius 2 is 2.10 bits per heavy atom. The van der Waals surface area contributed by atoms with Gasteiger partial charge in [0.1, 0.15) is 17.1 Å². The van der Waals surface area contributed by atoms with Gasteiger partial charge in [-0.3, -0.25) is 4.79 Å². The van der Waals surface area contributed by atoms with Crippen molar-refractivity contribution in [2.75, 3.05) is 0 Å². The molecule has 3 heteroatoms. The number of aldehydes is 1. The van der Waals surface area contributed by atoms with Crippen LogP contribution in [0, 0.1) is 0 Å². The zero-order valence-electron chi connectivity index (χ0n) is 12.2. The number of unbranched alkanes of at least 4 members (excludes halogenated alkanes) is 3. The number of phenols is 1. The smallest absolute Gasteiger partial charge is 0.154 e. The lowest BCUT2D eigenvalue weighted by Crippen LogP contribution is -1.81. The molecular weight excluding hydrogens is 264 g/mol. The van der Waals surface area contributed by atoms with Crippen LogP contribution in [0.4, 0.5) is 0 Å². The average molecular weight is 284 g/mol. The highest BCUT2D eigenvalue weighted by Crippen LogP contribution is 2.28. The van der Waals surface area contributed by atoms with Crippen LogP contribution in [0.5, 0.6) is 5.75 Å². The van der Waals surface area contributed by atoms with Crippen LogP contribution >= 0.6 is 0 Å². The summed E-state index contributed by atoms with van der Waals surface area (Å²) in [5.74, 6) is 0.640. The number of carbonyl (C=O) groups is 1. The molecule has 1 heterocycles. The maximum atomic E-state index is 11.0. The number of hydrogen-bond acceptors (Lipinski definition) is 3. The van der Waals surface area contributed by atoms with Crippen molar-refractivity contribution in [2.24, 2.45) is 0 Å². The van der Waals surface area contributed by atoms with Crippen LogP contribution in [0.1, 0.15) is 48.7 Å². The normalized spacial score (nSPS) is 11.9. The fraction of sp³-hybridized carbons (Fsp3) is 0.278. The van der Waals surface area contributed by atoms with Gasteiger partial charge in [-0.2, -0.15) is 0 Å². The van der Waals surface area contributed by atoms with Crippen molar-refractivity contribution in [1.29, 1.82) is 0 Å². The average Bonchev–Trinajstić information content (AvgIpc) is 2.89. The van der Waals surface area contributed by atoms with Crippen LogP contribution in [0.3, 0.4) is 0 Å². The number of phenolic OH excluding ortho intramolecular Hbond substituents is 1. The fourth-order valence-corrected chi connectivity index (χ4v) is 2.18. The summed E-state index contributed by atoms with van der Waals surface area (Å²) in [6.07, 6.45) is 13.3. The second-order valence-corrected chi connectivity index (χ2v) is 4.96. The number of rotatable bonds is 7. The molecule has 0 saturated heterocycles. The van der Waals surface area contributed by atoms with Gasteiger partial charge in [0.05, 0.1) is 5.56 Å². The maximum Gasteiger partial charge on any atom is 0.154 e. The highest BCUT2D eigenvalue weighted by Gasteiger charge is 2.09. The number of carbonyl (C=O) groups excluding carboxylic acids is 1. The van der Waals surface area contributed by atoms with E-state index in [9.17, 15) is 9.90 Å². The van der Waals surface area contributed by atoms with Gasteiger partial charge in [-0.05, 0) is 37.1 Å². The number of aromatic hydroxyl groups is 1. The van der Waals surface area contributed by atoms with E-state index in [2.05, 4.69) is 13.0 Å². The Hall–Kier alpha value is -2.29. The Morgan fingerprint density at radius 1 is 1.24 bits per heavy atom. The molecule has 0 bridgehead atoms. The molecule has 0 aliphatic rings. The minimum atomic E-state index is -0.0235. The molecule has 0 radical (unpaired) electrons. The number of furan rings is 1. The van der Waals surface area contributed by atoms with Crippen molar-refractivity contribution in [3.8, 4) is 5.75 Å². The summed E-state index contributed by atoms with van der Waals surface area (Å²) in [5, 5.41) is 10.3. The number of benzene rings is 1. The Morgan fingerprint density at radius 3 is 2.86 bits per heavy atom. The van der Waals surface area contributed by atoms with Crippen molar-refractivity contribution >= 4 is 23.3 Å². The molecule has 0 atom stereocenters. The molecule has 0 aliphatic carbocycles. The van der Waals surface area contributed by atoms with Crippen molar-refractivity contribution in [2.45, 2.75) is 32.6 Å². The largest absolute Gasteiger partial charge is 0.507 e. The Balaban J connectivity index is 2.08. The minimum absolute atomic E-state index is 0.0235. The zero-order chi connectivity index (χ0) is 15.1. The van der Waals surface area contributed by atoms with Crippen LogP contribution in [-0.4, -0.2) is 11.4 Å². The molecular formula is C18H20O3. The van der Waals surface area contributed by atoms with E-state index in [0.717, 1.165) is 6.42 Å². The summed E-state index contributed by atoms with van der Waals surface area (Å²) >= 11 is 0. The summed E-state index contributed by atoms with van der Waals surface area (Å²) in [6, 6.07) is 4.90. The van der Waals surface area contributed by atoms with Gasteiger partial charge < -0.3 is 9.52 Å². The summed E-state index contributed by atoms with van der Waals surface area (Å²) < 4.78 is 5.62. The lowest BCUT2D eigenvalue weighted by atomic mass is 10.1. The van der Waals surface area contributed by atoms with Crippen LogP contribution in [0.25, 0.3) is 17.0 Å². The third-order valence-corrected chi connectivity index (χ3v) is 3.34. The molecule has 110 valence electrons. The van der Waals surface area contributed by atoms with E-state index >= 15 is 0 Å². The lowest BCUT2D eigenvalue weighted by molar-refractivity contribution is 0.112. The van der Waals surface area contributed by atoms with Gasteiger partial charge in [-0.15, -0.1) is 0 Å². The molecule has 0 fully saturated rings. The van der Waals surface area contributed by atoms with Gasteiger partial charge in [0.15, 0.2) is 6.29 Å². The monoisotopic (exact) mass is 284 g/mol. The SMILES string of the molecule is CCCCC/C=C/C=C/c1cc2c(C=O)c(O)ccc2o1. The Labute approximate surface area is 124 Å². The number of allylic oxidation sites excluding steroid dienone is 3. The first kappa shape index (κ1) is 15.1. The molecule has 0 spiro atoms. The van der Waals surface area contributed by atoms with Crippen LogP contribution in [-0.2, 0) is 0 Å². The van der Waals surface area contributed by atoms with Crippen LogP contribution < -0.4 is 0 Å². The van der Waals surface area contributed by atoms with E-state index in [-0.39, 0.29) is 11.3 Å². The first-order chi connectivity index (χ1) is 10.3. The molecule has 1 aromatic heterocycles. The van der Waals surface area contributed by atoms with Crippen molar-refractivity contribution in [1.82, 2.24) is 0 Å². The van der Waals surface area contributed by atoms with E-state index in [1.807, 2.05) is 18.2 Å². The predicted molar refractivity (Wildman–Crippen MR) is 85.6 cm³/mol. The van der Waals surface area contributed by atoms with Gasteiger partial charge in [0.2, 0.25) is 0 Å². The summed E-state index contributed by atoms with van der Waals surface area (Å²) in [6.45, 7) is 2.19. The third kappa shape index (κ3) is 3.85. The van der Waals surface area contributed by atoms with Gasteiger partial charge >= 0.3 is 0 Å². The standard InChI is InChI=1S/C18H20O3/c1-2-3-4-5-6-7-8-9-14-12-15-16(13-19)17(20)10-11-18(15)21-14/h6-13,20H,2-5H2,1H3/b7-6+,9-8+.